The van der Waals surface area contributed by atoms with Crippen LogP contribution in [0.15, 0.2) is 18.2 Å². The van der Waals surface area contributed by atoms with E-state index >= 15 is 0 Å². The summed E-state index contributed by atoms with van der Waals surface area (Å²) in [5, 5.41) is 5.64. The molecule has 1 fully saturated rings. The average Bonchev–Trinajstić information content (AvgIpc) is 2.49. The molecular formula is C14H17ClFN3O2. The van der Waals surface area contributed by atoms with Gasteiger partial charge < -0.3 is 15.5 Å². The number of nitrogens with one attached hydrogen (secondary N) is 2. The molecule has 7 heteroatoms. The molecular weight excluding hydrogens is 297 g/mol. The molecule has 1 saturated heterocycles. The highest BCUT2D eigenvalue weighted by molar-refractivity contribution is 6.31. The van der Waals surface area contributed by atoms with E-state index in [1.54, 1.807) is 6.92 Å². The number of hydrogen-bond donors (Lipinski definition) is 2. The van der Waals surface area contributed by atoms with Crippen LogP contribution in [0.1, 0.15) is 17.3 Å². The molecule has 1 aliphatic heterocycles. The minimum Gasteiger partial charge on any atom is -0.355 e. The number of benzene rings is 1. The van der Waals surface area contributed by atoms with Gasteiger partial charge in [0.15, 0.2) is 5.82 Å². The maximum Gasteiger partial charge on any atom is 0.257 e. The lowest BCUT2D eigenvalue weighted by Gasteiger charge is -2.35. The van der Waals surface area contributed by atoms with Crippen molar-refractivity contribution >= 4 is 23.4 Å². The molecule has 1 aromatic carbocycles. The topological polar surface area (TPSA) is 61.4 Å². The van der Waals surface area contributed by atoms with Crippen molar-refractivity contribution in [2.45, 2.75) is 13.0 Å². The normalized spacial score (nSPS) is 18.4. The van der Waals surface area contributed by atoms with Gasteiger partial charge in [-0.3, -0.25) is 9.59 Å². The van der Waals surface area contributed by atoms with Crippen LogP contribution in [0.2, 0.25) is 5.02 Å². The highest BCUT2D eigenvalue weighted by Crippen LogP contribution is 2.20. The summed E-state index contributed by atoms with van der Waals surface area (Å²) in [6, 6.07) is 3.62. The van der Waals surface area contributed by atoms with E-state index in [4.69, 9.17) is 11.6 Å². The smallest absolute Gasteiger partial charge is 0.257 e. The maximum absolute atomic E-state index is 14.0. The zero-order valence-electron chi connectivity index (χ0n) is 11.7. The maximum atomic E-state index is 14.0. The van der Waals surface area contributed by atoms with Crippen molar-refractivity contribution in [1.29, 1.82) is 0 Å². The van der Waals surface area contributed by atoms with Crippen molar-refractivity contribution in [3.63, 3.8) is 0 Å². The van der Waals surface area contributed by atoms with Gasteiger partial charge in [-0.1, -0.05) is 17.7 Å². The summed E-state index contributed by atoms with van der Waals surface area (Å²) < 4.78 is 14.0. The Morgan fingerprint density at radius 3 is 3.00 bits per heavy atom. The van der Waals surface area contributed by atoms with Crippen LogP contribution in [0.4, 0.5) is 4.39 Å². The summed E-state index contributed by atoms with van der Waals surface area (Å²) in [4.78, 5) is 25.9. The number of halogens is 2. The first-order chi connectivity index (χ1) is 10.1. The molecule has 1 aromatic rings. The van der Waals surface area contributed by atoms with Crippen LogP contribution in [0.5, 0.6) is 0 Å². The van der Waals surface area contributed by atoms with Crippen molar-refractivity contribution in [2.75, 3.05) is 26.2 Å². The first kappa shape index (κ1) is 15.7. The standard InChI is InChI=1S/C14H17ClFN3O2/c1-2-18-13(20)11-8-17-6-7-19(11)14(21)9-4-3-5-10(15)12(9)16/h3-5,11,17H,2,6-8H2,1H3,(H,18,20). The van der Waals surface area contributed by atoms with E-state index in [1.165, 1.54) is 23.1 Å². The van der Waals surface area contributed by atoms with Gasteiger partial charge in [0.25, 0.3) is 5.91 Å². The fourth-order valence-corrected chi connectivity index (χ4v) is 2.47. The Balaban J connectivity index is 2.26. The molecule has 0 aliphatic carbocycles. The molecule has 2 amide bonds. The molecule has 1 atom stereocenters. The Morgan fingerprint density at radius 2 is 2.29 bits per heavy atom. The lowest BCUT2D eigenvalue weighted by Crippen LogP contribution is -2.59. The zero-order valence-corrected chi connectivity index (χ0v) is 12.4. The van der Waals surface area contributed by atoms with E-state index in [9.17, 15) is 14.0 Å². The van der Waals surface area contributed by atoms with Gasteiger partial charge >= 0.3 is 0 Å². The minimum absolute atomic E-state index is 0.106. The zero-order chi connectivity index (χ0) is 15.4. The average molecular weight is 314 g/mol. The predicted molar refractivity (Wildman–Crippen MR) is 77.8 cm³/mol. The second kappa shape index (κ2) is 6.87. The number of rotatable bonds is 3. The van der Waals surface area contributed by atoms with E-state index in [0.717, 1.165) is 0 Å². The molecule has 0 spiro atoms. The largest absolute Gasteiger partial charge is 0.355 e. The third-order valence-electron chi connectivity index (χ3n) is 3.34. The van der Waals surface area contributed by atoms with Crippen LogP contribution >= 0.6 is 11.6 Å². The highest BCUT2D eigenvalue weighted by Gasteiger charge is 2.33. The Morgan fingerprint density at radius 1 is 1.52 bits per heavy atom. The molecule has 0 saturated carbocycles. The number of likely N-dealkylation sites (N-methyl/N-ethyl adjacent to an activating group) is 1. The van der Waals surface area contributed by atoms with Gasteiger partial charge in [-0.2, -0.15) is 0 Å². The molecule has 0 bridgehead atoms. The van der Waals surface area contributed by atoms with Crippen molar-refractivity contribution < 1.29 is 14.0 Å². The molecule has 21 heavy (non-hydrogen) atoms. The lowest BCUT2D eigenvalue weighted by molar-refractivity contribution is -0.126. The van der Waals surface area contributed by atoms with Gasteiger partial charge in [-0.25, -0.2) is 4.39 Å². The van der Waals surface area contributed by atoms with E-state index in [0.29, 0.717) is 26.2 Å². The molecule has 1 unspecified atom stereocenters. The minimum atomic E-state index is -0.752. The van der Waals surface area contributed by atoms with Crippen LogP contribution in [-0.2, 0) is 4.79 Å². The lowest BCUT2D eigenvalue weighted by atomic mass is 10.1. The van der Waals surface area contributed by atoms with Gasteiger partial charge in [0.1, 0.15) is 6.04 Å². The van der Waals surface area contributed by atoms with Crippen molar-refractivity contribution in [3.05, 3.63) is 34.6 Å². The Bertz CT molecular complexity index is 553. The Hall–Kier alpha value is -1.66. The quantitative estimate of drug-likeness (QED) is 0.876. The third-order valence-corrected chi connectivity index (χ3v) is 3.63. The number of carbonyl (C=O) groups is 2. The fourth-order valence-electron chi connectivity index (χ4n) is 2.30. The molecule has 2 N–H and O–H groups in total. The molecule has 114 valence electrons. The molecule has 1 heterocycles. The fraction of sp³-hybridized carbons (Fsp3) is 0.429. The van der Waals surface area contributed by atoms with Crippen LogP contribution < -0.4 is 10.6 Å². The summed E-state index contributed by atoms with van der Waals surface area (Å²) in [7, 11) is 0. The highest BCUT2D eigenvalue weighted by atomic mass is 35.5. The van der Waals surface area contributed by atoms with E-state index in [2.05, 4.69) is 10.6 Å². The van der Waals surface area contributed by atoms with Crippen LogP contribution in [0.25, 0.3) is 0 Å². The van der Waals surface area contributed by atoms with Gasteiger partial charge in [0.05, 0.1) is 10.6 Å². The number of hydrogen-bond acceptors (Lipinski definition) is 3. The Kier molecular flexibility index (Phi) is 5.14. The van der Waals surface area contributed by atoms with Gasteiger partial charge in [-0.05, 0) is 19.1 Å². The van der Waals surface area contributed by atoms with Crippen LogP contribution in [0.3, 0.4) is 0 Å². The number of nitrogens with zero attached hydrogens (tertiary/aromatic N) is 1. The third kappa shape index (κ3) is 3.33. The van der Waals surface area contributed by atoms with Crippen molar-refractivity contribution in [1.82, 2.24) is 15.5 Å². The predicted octanol–water partition coefficient (Wildman–Crippen LogP) is 1.03. The number of piperazine rings is 1. The van der Waals surface area contributed by atoms with E-state index in [1.807, 2.05) is 0 Å². The number of amides is 2. The summed E-state index contributed by atoms with van der Waals surface area (Å²) in [5.74, 6) is -1.52. The Labute approximate surface area is 127 Å². The molecule has 0 aromatic heterocycles. The van der Waals surface area contributed by atoms with E-state index < -0.39 is 17.8 Å². The monoisotopic (exact) mass is 313 g/mol. The van der Waals surface area contributed by atoms with Crippen molar-refractivity contribution in [2.24, 2.45) is 0 Å². The number of carbonyl (C=O) groups excluding carboxylic acids is 2. The summed E-state index contributed by atoms with van der Waals surface area (Å²) in [5.41, 5.74) is -0.112. The van der Waals surface area contributed by atoms with Crippen LogP contribution in [0, 0.1) is 5.82 Å². The summed E-state index contributed by atoms with van der Waals surface area (Å²) in [6.07, 6.45) is 0. The second-order valence-electron chi connectivity index (χ2n) is 4.71. The first-order valence-corrected chi connectivity index (χ1v) is 7.17. The van der Waals surface area contributed by atoms with Crippen molar-refractivity contribution in [3.8, 4) is 0 Å². The van der Waals surface area contributed by atoms with Crippen LogP contribution in [-0.4, -0.2) is 48.9 Å². The molecule has 1 aliphatic rings. The summed E-state index contributed by atoms with van der Waals surface area (Å²) >= 11 is 5.71. The van der Waals surface area contributed by atoms with Gasteiger partial charge in [0.2, 0.25) is 5.91 Å². The first-order valence-electron chi connectivity index (χ1n) is 6.79. The molecule has 2 rings (SSSR count). The molecule has 0 radical (unpaired) electrons. The molecule has 5 nitrogen and oxygen atoms in total. The van der Waals surface area contributed by atoms with Gasteiger partial charge in [-0.15, -0.1) is 0 Å². The van der Waals surface area contributed by atoms with E-state index in [-0.39, 0.29) is 16.5 Å². The SMILES string of the molecule is CCNC(=O)C1CNCCN1C(=O)c1cccc(Cl)c1F. The second-order valence-corrected chi connectivity index (χ2v) is 5.12. The van der Waals surface area contributed by atoms with Gasteiger partial charge in [0, 0.05) is 26.2 Å². The summed E-state index contributed by atoms with van der Waals surface area (Å²) in [6.45, 7) is 3.52.